The van der Waals surface area contributed by atoms with E-state index in [0.717, 1.165) is 40.7 Å². The molecule has 2 amide bonds. The van der Waals surface area contributed by atoms with E-state index in [4.69, 9.17) is 9.47 Å². The summed E-state index contributed by atoms with van der Waals surface area (Å²) < 4.78 is 13.6. The third-order valence-electron chi connectivity index (χ3n) is 8.17. The molecule has 4 heterocycles. The Kier molecular flexibility index (Phi) is 6.52. The van der Waals surface area contributed by atoms with E-state index >= 15 is 0 Å². The fraction of sp³-hybridized carbons (Fsp3) is 0.387. The highest BCUT2D eigenvalue weighted by molar-refractivity contribution is 6.01. The van der Waals surface area contributed by atoms with Gasteiger partial charge in [-0.3, -0.25) is 9.59 Å². The summed E-state index contributed by atoms with van der Waals surface area (Å²) in [5, 5.41) is 1.06. The van der Waals surface area contributed by atoms with Crippen LogP contribution in [-0.4, -0.2) is 69.0 Å². The normalized spacial score (nSPS) is 20.7. The van der Waals surface area contributed by atoms with Gasteiger partial charge in [0.05, 0.1) is 31.8 Å². The molecule has 0 bridgehead atoms. The van der Waals surface area contributed by atoms with Gasteiger partial charge in [0.2, 0.25) is 5.91 Å². The predicted octanol–water partition coefficient (Wildman–Crippen LogP) is 4.28. The number of aromatic amines is 1. The molecule has 2 aromatic carbocycles. The SMILES string of the molecule is COc1cc(C2CN3C(=O)CN(CCCn4ccnc4)C(=O)[C@]3(C)c3[nH]c4ccccc4c32)ccc1OC(C)C. The molecule has 1 unspecified atom stereocenters. The van der Waals surface area contributed by atoms with Gasteiger partial charge in [-0.25, -0.2) is 4.98 Å². The first-order valence-electron chi connectivity index (χ1n) is 13.8. The van der Waals surface area contributed by atoms with Gasteiger partial charge in [-0.05, 0) is 56.5 Å². The van der Waals surface area contributed by atoms with Gasteiger partial charge in [-0.2, -0.15) is 0 Å². The topological polar surface area (TPSA) is 92.7 Å². The van der Waals surface area contributed by atoms with Crippen LogP contribution < -0.4 is 9.47 Å². The zero-order valence-corrected chi connectivity index (χ0v) is 23.4. The van der Waals surface area contributed by atoms with E-state index in [1.54, 1.807) is 29.4 Å². The smallest absolute Gasteiger partial charge is 0.254 e. The number of H-pyrrole nitrogens is 1. The average molecular weight is 542 g/mol. The lowest BCUT2D eigenvalue weighted by Gasteiger charge is -2.51. The number of amides is 2. The summed E-state index contributed by atoms with van der Waals surface area (Å²) in [6.07, 6.45) is 6.15. The molecule has 0 radical (unpaired) electrons. The van der Waals surface area contributed by atoms with Gasteiger partial charge in [0, 0.05) is 48.8 Å². The second-order valence-electron chi connectivity index (χ2n) is 11.0. The summed E-state index contributed by atoms with van der Waals surface area (Å²) >= 11 is 0. The number of imidazole rings is 1. The van der Waals surface area contributed by atoms with Crippen molar-refractivity contribution in [2.75, 3.05) is 26.7 Å². The molecule has 9 heteroatoms. The number of benzene rings is 2. The van der Waals surface area contributed by atoms with Crippen LogP contribution in [0.5, 0.6) is 11.5 Å². The number of carbonyl (C=O) groups is 2. The second kappa shape index (κ2) is 10.0. The van der Waals surface area contributed by atoms with Gasteiger partial charge in [0.25, 0.3) is 5.91 Å². The third kappa shape index (κ3) is 4.20. The Morgan fingerprint density at radius 3 is 2.70 bits per heavy atom. The molecular weight excluding hydrogens is 506 g/mol. The summed E-state index contributed by atoms with van der Waals surface area (Å²) in [4.78, 5) is 39.1. The Balaban J connectivity index is 1.41. The molecule has 0 aliphatic carbocycles. The predicted molar refractivity (Wildman–Crippen MR) is 151 cm³/mol. The van der Waals surface area contributed by atoms with Crippen molar-refractivity contribution < 1.29 is 19.1 Å². The van der Waals surface area contributed by atoms with Crippen LogP contribution in [-0.2, 0) is 21.7 Å². The van der Waals surface area contributed by atoms with Crippen molar-refractivity contribution in [3.8, 4) is 11.5 Å². The lowest BCUT2D eigenvalue weighted by molar-refractivity contribution is -0.166. The van der Waals surface area contributed by atoms with Gasteiger partial charge in [-0.15, -0.1) is 0 Å². The molecule has 0 saturated carbocycles. The average Bonchev–Trinajstić information content (AvgIpc) is 3.60. The van der Waals surface area contributed by atoms with Crippen LogP contribution in [0.4, 0.5) is 0 Å². The fourth-order valence-electron chi connectivity index (χ4n) is 6.27. The molecule has 2 aliphatic heterocycles. The first kappa shape index (κ1) is 26.0. The Morgan fingerprint density at radius 1 is 1.12 bits per heavy atom. The van der Waals surface area contributed by atoms with E-state index in [1.807, 2.05) is 67.9 Å². The minimum atomic E-state index is -1.13. The number of aryl methyl sites for hydroxylation is 1. The molecule has 1 N–H and O–H groups in total. The number of ether oxygens (including phenoxy) is 2. The van der Waals surface area contributed by atoms with Crippen molar-refractivity contribution in [1.29, 1.82) is 0 Å². The minimum absolute atomic E-state index is 0.00948. The second-order valence-corrected chi connectivity index (χ2v) is 11.0. The Bertz CT molecular complexity index is 1560. The van der Waals surface area contributed by atoms with Crippen LogP contribution in [0.25, 0.3) is 10.9 Å². The molecule has 1 fully saturated rings. The molecule has 2 aromatic heterocycles. The molecule has 208 valence electrons. The first-order valence-corrected chi connectivity index (χ1v) is 13.8. The number of hydrogen-bond acceptors (Lipinski definition) is 5. The monoisotopic (exact) mass is 541 g/mol. The number of carbonyl (C=O) groups excluding carboxylic acids is 2. The summed E-state index contributed by atoms with van der Waals surface area (Å²) in [5.74, 6) is 1.07. The minimum Gasteiger partial charge on any atom is -0.493 e. The van der Waals surface area contributed by atoms with E-state index in [9.17, 15) is 9.59 Å². The first-order chi connectivity index (χ1) is 19.3. The molecule has 6 rings (SSSR count). The number of hydrogen-bond donors (Lipinski definition) is 1. The number of rotatable bonds is 8. The number of aromatic nitrogens is 3. The Hall–Kier alpha value is -4.27. The number of fused-ring (bicyclic) bond motifs is 5. The Labute approximate surface area is 233 Å². The molecule has 2 aliphatic rings. The number of nitrogens with one attached hydrogen (secondary N) is 1. The van der Waals surface area contributed by atoms with Gasteiger partial charge in [0.1, 0.15) is 0 Å². The van der Waals surface area contributed by atoms with Crippen LogP contribution in [0.15, 0.2) is 61.2 Å². The van der Waals surface area contributed by atoms with Crippen molar-refractivity contribution in [3.05, 3.63) is 78.0 Å². The highest BCUT2D eigenvalue weighted by Gasteiger charge is 2.56. The van der Waals surface area contributed by atoms with Gasteiger partial charge in [-0.1, -0.05) is 24.3 Å². The van der Waals surface area contributed by atoms with E-state index in [1.165, 1.54) is 0 Å². The lowest BCUT2D eigenvalue weighted by Crippen LogP contribution is -2.67. The number of methoxy groups -OCH3 is 1. The van der Waals surface area contributed by atoms with E-state index in [0.29, 0.717) is 24.6 Å². The highest BCUT2D eigenvalue weighted by atomic mass is 16.5. The van der Waals surface area contributed by atoms with Crippen LogP contribution in [0, 0.1) is 0 Å². The van der Waals surface area contributed by atoms with E-state index in [2.05, 4.69) is 16.0 Å². The van der Waals surface area contributed by atoms with Gasteiger partial charge in [0.15, 0.2) is 17.0 Å². The van der Waals surface area contributed by atoms with Crippen molar-refractivity contribution in [2.45, 2.75) is 51.3 Å². The van der Waals surface area contributed by atoms with Crippen LogP contribution in [0.1, 0.15) is 49.9 Å². The van der Waals surface area contributed by atoms with E-state index < -0.39 is 5.54 Å². The van der Waals surface area contributed by atoms with Crippen LogP contribution in [0.3, 0.4) is 0 Å². The third-order valence-corrected chi connectivity index (χ3v) is 8.17. The maximum atomic E-state index is 14.2. The highest BCUT2D eigenvalue weighted by Crippen LogP contribution is 2.49. The summed E-state index contributed by atoms with van der Waals surface area (Å²) in [6.45, 7) is 7.55. The van der Waals surface area contributed by atoms with Crippen LogP contribution >= 0.6 is 0 Å². The molecule has 1 saturated heterocycles. The van der Waals surface area contributed by atoms with E-state index in [-0.39, 0.29) is 30.4 Å². The maximum absolute atomic E-state index is 14.2. The standard InChI is InChI=1S/C31H35N5O4/c1-20(2)40-25-11-10-21(16-26(25)39-4)23-17-36-27(37)18-35(14-7-13-34-15-12-32-19-34)30(38)31(36,3)29-28(23)22-8-5-6-9-24(22)33-29/h5-6,8-12,15-16,19-20,23,33H,7,13-14,17-18H2,1-4H3/t23?,31-/m0/s1. The largest absolute Gasteiger partial charge is 0.493 e. The fourth-order valence-corrected chi connectivity index (χ4v) is 6.27. The summed E-state index contributed by atoms with van der Waals surface area (Å²) in [6, 6.07) is 14.1. The molecular formula is C31H35N5O4. The molecule has 40 heavy (non-hydrogen) atoms. The Morgan fingerprint density at radius 2 is 1.95 bits per heavy atom. The number of nitrogens with zero attached hydrogens (tertiary/aromatic N) is 4. The van der Waals surface area contributed by atoms with Gasteiger partial charge >= 0.3 is 0 Å². The zero-order valence-electron chi connectivity index (χ0n) is 23.4. The molecule has 0 spiro atoms. The van der Waals surface area contributed by atoms with Crippen molar-refractivity contribution in [2.24, 2.45) is 0 Å². The quantitative estimate of drug-likeness (QED) is 0.360. The number of piperazine rings is 1. The lowest BCUT2D eigenvalue weighted by atomic mass is 9.76. The van der Waals surface area contributed by atoms with Gasteiger partial charge < -0.3 is 28.8 Å². The molecule has 2 atom stereocenters. The molecule has 9 nitrogen and oxygen atoms in total. The summed E-state index contributed by atoms with van der Waals surface area (Å²) in [5.41, 5.74) is 2.66. The van der Waals surface area contributed by atoms with Crippen molar-refractivity contribution >= 4 is 22.7 Å². The van der Waals surface area contributed by atoms with Crippen molar-refractivity contribution in [1.82, 2.24) is 24.3 Å². The maximum Gasteiger partial charge on any atom is 0.254 e. The number of para-hydroxylation sites is 1. The molecule has 4 aromatic rings. The summed E-state index contributed by atoms with van der Waals surface area (Å²) in [7, 11) is 1.63. The zero-order chi connectivity index (χ0) is 28.0. The van der Waals surface area contributed by atoms with Crippen LogP contribution in [0.2, 0.25) is 0 Å². The van der Waals surface area contributed by atoms with Crippen molar-refractivity contribution in [3.63, 3.8) is 0 Å².